The van der Waals surface area contributed by atoms with Crippen LogP contribution in [-0.2, 0) is 6.42 Å². The summed E-state index contributed by atoms with van der Waals surface area (Å²) >= 11 is 0. The molecule has 1 aliphatic rings. The predicted molar refractivity (Wildman–Crippen MR) is 76.4 cm³/mol. The van der Waals surface area contributed by atoms with E-state index in [0.29, 0.717) is 5.92 Å². The van der Waals surface area contributed by atoms with Gasteiger partial charge >= 0.3 is 0 Å². The van der Waals surface area contributed by atoms with E-state index in [0.717, 1.165) is 12.0 Å². The van der Waals surface area contributed by atoms with Crippen LogP contribution in [0.15, 0.2) is 24.3 Å². The van der Waals surface area contributed by atoms with E-state index in [4.69, 9.17) is 0 Å². The maximum atomic E-state index is 10.6. The predicted octanol–water partition coefficient (Wildman–Crippen LogP) is 4.35. The lowest BCUT2D eigenvalue weighted by molar-refractivity contribution is 0.130. The first-order valence-electron chi connectivity index (χ1n) is 7.09. The number of aliphatic hydroxyl groups excluding tert-OH is 1. The van der Waals surface area contributed by atoms with Gasteiger partial charge in [0.1, 0.15) is 0 Å². The number of hydrogen-bond donors (Lipinski definition) is 1. The molecule has 0 amide bonds. The van der Waals surface area contributed by atoms with Crippen LogP contribution < -0.4 is 0 Å². The third-order valence-corrected chi connectivity index (χ3v) is 5.31. The largest absolute Gasteiger partial charge is 0.388 e. The molecular formula is C17H26O. The fourth-order valence-corrected chi connectivity index (χ4v) is 3.40. The van der Waals surface area contributed by atoms with Crippen LogP contribution in [0.5, 0.6) is 0 Å². The molecule has 18 heavy (non-hydrogen) atoms. The molecule has 1 atom stereocenters. The maximum absolute atomic E-state index is 10.6. The summed E-state index contributed by atoms with van der Waals surface area (Å²) in [5.41, 5.74) is 2.89. The summed E-state index contributed by atoms with van der Waals surface area (Å²) < 4.78 is 0. The molecule has 0 bridgehead atoms. The highest BCUT2D eigenvalue weighted by Gasteiger charge is 2.67. The molecule has 0 radical (unpaired) electrons. The Labute approximate surface area is 111 Å². The highest BCUT2D eigenvalue weighted by molar-refractivity contribution is 5.28. The first-order chi connectivity index (χ1) is 8.32. The Morgan fingerprint density at radius 2 is 1.56 bits per heavy atom. The molecule has 0 saturated heterocycles. The van der Waals surface area contributed by atoms with Gasteiger partial charge in [-0.05, 0) is 28.4 Å². The molecule has 1 aliphatic carbocycles. The lowest BCUT2D eigenvalue weighted by Crippen LogP contribution is -2.05. The van der Waals surface area contributed by atoms with E-state index >= 15 is 0 Å². The SMILES string of the molecule is CCCc1ccc(C(O)C2C(C)(C)C2(C)C)cc1. The Hall–Kier alpha value is -0.820. The molecule has 1 aromatic rings. The van der Waals surface area contributed by atoms with Crippen LogP contribution in [0.1, 0.15) is 58.3 Å². The minimum Gasteiger partial charge on any atom is -0.388 e. The number of benzene rings is 1. The van der Waals surface area contributed by atoms with Gasteiger partial charge in [0.05, 0.1) is 6.10 Å². The molecule has 0 heterocycles. The van der Waals surface area contributed by atoms with Gasteiger partial charge < -0.3 is 5.11 Å². The number of rotatable bonds is 4. The van der Waals surface area contributed by atoms with Crippen molar-refractivity contribution in [2.24, 2.45) is 16.7 Å². The van der Waals surface area contributed by atoms with Gasteiger partial charge in [0.25, 0.3) is 0 Å². The Morgan fingerprint density at radius 1 is 1.06 bits per heavy atom. The second-order valence-corrected chi connectivity index (χ2v) is 6.86. The van der Waals surface area contributed by atoms with Crippen LogP contribution in [0.2, 0.25) is 0 Å². The molecule has 1 saturated carbocycles. The van der Waals surface area contributed by atoms with Gasteiger partial charge in [0, 0.05) is 5.92 Å². The van der Waals surface area contributed by atoms with Gasteiger partial charge in [-0.3, -0.25) is 0 Å². The monoisotopic (exact) mass is 246 g/mol. The lowest BCUT2D eigenvalue weighted by atomic mass is 9.98. The molecule has 1 aromatic carbocycles. The van der Waals surface area contributed by atoms with Crippen LogP contribution >= 0.6 is 0 Å². The summed E-state index contributed by atoms with van der Waals surface area (Å²) in [6.45, 7) is 11.2. The molecule has 1 nitrogen and oxygen atoms in total. The highest BCUT2D eigenvalue weighted by Crippen LogP contribution is 2.72. The standard InChI is InChI=1S/C17H26O/c1-6-7-12-8-10-13(11-9-12)14(18)15-16(2,3)17(15,4)5/h8-11,14-15,18H,6-7H2,1-5H3. The van der Waals surface area contributed by atoms with Crippen molar-refractivity contribution in [3.63, 3.8) is 0 Å². The summed E-state index contributed by atoms with van der Waals surface area (Å²) in [6, 6.07) is 8.51. The van der Waals surface area contributed by atoms with Crippen LogP contribution in [-0.4, -0.2) is 5.11 Å². The Bertz CT molecular complexity index is 400. The highest BCUT2D eigenvalue weighted by atomic mass is 16.3. The van der Waals surface area contributed by atoms with Crippen molar-refractivity contribution in [2.75, 3.05) is 0 Å². The average Bonchev–Trinajstić information content (AvgIpc) is 2.70. The van der Waals surface area contributed by atoms with Crippen molar-refractivity contribution < 1.29 is 5.11 Å². The second-order valence-electron chi connectivity index (χ2n) is 6.86. The third kappa shape index (κ3) is 1.99. The molecule has 1 N–H and O–H groups in total. The van der Waals surface area contributed by atoms with E-state index < -0.39 is 0 Å². The quantitative estimate of drug-likeness (QED) is 0.837. The molecule has 0 aromatic heterocycles. The Kier molecular flexibility index (Phi) is 3.31. The zero-order valence-corrected chi connectivity index (χ0v) is 12.3. The first-order valence-corrected chi connectivity index (χ1v) is 7.09. The van der Waals surface area contributed by atoms with E-state index in [1.165, 1.54) is 12.0 Å². The van der Waals surface area contributed by atoms with E-state index in [1.54, 1.807) is 0 Å². The Balaban J connectivity index is 2.13. The molecular weight excluding hydrogens is 220 g/mol. The van der Waals surface area contributed by atoms with Crippen molar-refractivity contribution in [3.8, 4) is 0 Å². The maximum Gasteiger partial charge on any atom is 0.0828 e. The fraction of sp³-hybridized carbons (Fsp3) is 0.647. The number of aliphatic hydroxyl groups is 1. The van der Waals surface area contributed by atoms with Crippen LogP contribution in [0.4, 0.5) is 0 Å². The molecule has 100 valence electrons. The van der Waals surface area contributed by atoms with Crippen molar-refractivity contribution >= 4 is 0 Å². The van der Waals surface area contributed by atoms with E-state index in [1.807, 2.05) is 0 Å². The zero-order valence-electron chi connectivity index (χ0n) is 12.3. The van der Waals surface area contributed by atoms with Crippen LogP contribution in [0.3, 0.4) is 0 Å². The molecule has 1 unspecified atom stereocenters. The van der Waals surface area contributed by atoms with Crippen molar-refractivity contribution in [3.05, 3.63) is 35.4 Å². The average molecular weight is 246 g/mol. The summed E-state index contributed by atoms with van der Waals surface area (Å²) in [5, 5.41) is 10.6. The van der Waals surface area contributed by atoms with Crippen molar-refractivity contribution in [1.82, 2.24) is 0 Å². The lowest BCUT2D eigenvalue weighted by Gasteiger charge is -2.13. The molecule has 1 fully saturated rings. The van der Waals surface area contributed by atoms with Gasteiger partial charge in [-0.15, -0.1) is 0 Å². The summed E-state index contributed by atoms with van der Waals surface area (Å²) in [5.74, 6) is 0.363. The van der Waals surface area contributed by atoms with E-state index in [-0.39, 0.29) is 16.9 Å². The minimum atomic E-state index is -0.328. The summed E-state index contributed by atoms with van der Waals surface area (Å²) in [4.78, 5) is 0. The van der Waals surface area contributed by atoms with E-state index in [9.17, 15) is 5.11 Å². The molecule has 2 rings (SSSR count). The van der Waals surface area contributed by atoms with Gasteiger partial charge in [0.2, 0.25) is 0 Å². The number of aryl methyl sites for hydroxylation is 1. The normalized spacial score (nSPS) is 22.8. The Morgan fingerprint density at radius 3 is 1.94 bits per heavy atom. The smallest absolute Gasteiger partial charge is 0.0828 e. The first kappa shape index (κ1) is 13.6. The van der Waals surface area contributed by atoms with Gasteiger partial charge in [-0.1, -0.05) is 65.3 Å². The topological polar surface area (TPSA) is 20.2 Å². The van der Waals surface area contributed by atoms with Crippen molar-refractivity contribution in [1.29, 1.82) is 0 Å². The van der Waals surface area contributed by atoms with Gasteiger partial charge in [0.15, 0.2) is 0 Å². The molecule has 0 spiro atoms. The van der Waals surface area contributed by atoms with Gasteiger partial charge in [-0.2, -0.15) is 0 Å². The second kappa shape index (κ2) is 4.38. The molecule has 1 heteroatoms. The van der Waals surface area contributed by atoms with E-state index in [2.05, 4.69) is 58.9 Å². The summed E-state index contributed by atoms with van der Waals surface area (Å²) in [6.07, 6.45) is 1.96. The minimum absolute atomic E-state index is 0.231. The van der Waals surface area contributed by atoms with Crippen LogP contribution in [0.25, 0.3) is 0 Å². The third-order valence-electron chi connectivity index (χ3n) is 5.31. The zero-order chi connectivity index (χ0) is 13.6. The summed E-state index contributed by atoms with van der Waals surface area (Å²) in [7, 11) is 0. The van der Waals surface area contributed by atoms with Crippen LogP contribution in [0, 0.1) is 16.7 Å². The van der Waals surface area contributed by atoms with Crippen molar-refractivity contribution in [2.45, 2.75) is 53.6 Å². The number of hydrogen-bond acceptors (Lipinski definition) is 1. The molecule has 0 aliphatic heterocycles. The fourth-order valence-electron chi connectivity index (χ4n) is 3.40. The van der Waals surface area contributed by atoms with Gasteiger partial charge in [-0.25, -0.2) is 0 Å².